The summed E-state index contributed by atoms with van der Waals surface area (Å²) in [7, 11) is 0. The van der Waals surface area contributed by atoms with E-state index in [0.717, 1.165) is 5.69 Å². The van der Waals surface area contributed by atoms with Crippen LogP contribution in [0, 0.1) is 18.6 Å². The Morgan fingerprint density at radius 2 is 2.36 bits per heavy atom. The van der Waals surface area contributed by atoms with Gasteiger partial charge in [-0.05, 0) is 19.1 Å². The summed E-state index contributed by atoms with van der Waals surface area (Å²) >= 11 is 5.10. The smallest absolute Gasteiger partial charge is 0.223 e. The zero-order chi connectivity index (χ0) is 10.1. The topological polar surface area (TPSA) is 59.6 Å². The third-order valence-electron chi connectivity index (χ3n) is 1.80. The number of hydrogen-bond donors (Lipinski definition) is 1. The molecule has 0 spiro atoms. The molecule has 0 bridgehead atoms. The van der Waals surface area contributed by atoms with Crippen LogP contribution >= 0.6 is 12.2 Å². The lowest BCUT2D eigenvalue weighted by molar-refractivity contribution is 0.386. The standard InChI is InChI=1S/C8H10N4OS/c1-5-3-12(8(14)9-5)4-7-10-6(2)13-11-7/h3H,4H2,1-2H3,(H,9,14). The second-order valence-electron chi connectivity index (χ2n) is 3.10. The maximum atomic E-state index is 5.10. The van der Waals surface area contributed by atoms with E-state index in [1.165, 1.54) is 0 Å². The van der Waals surface area contributed by atoms with E-state index in [4.69, 9.17) is 16.7 Å². The summed E-state index contributed by atoms with van der Waals surface area (Å²) in [6, 6.07) is 0. The van der Waals surface area contributed by atoms with E-state index < -0.39 is 0 Å². The lowest BCUT2D eigenvalue weighted by Gasteiger charge is -1.94. The second kappa shape index (κ2) is 3.38. The molecular weight excluding hydrogens is 200 g/mol. The minimum atomic E-state index is 0.542. The van der Waals surface area contributed by atoms with Crippen LogP contribution in [0.5, 0.6) is 0 Å². The molecule has 0 unspecified atom stereocenters. The SMILES string of the molecule is Cc1cn(Cc2noc(C)n2)c(=S)[nH]1. The summed E-state index contributed by atoms with van der Waals surface area (Å²) in [4.78, 5) is 7.12. The number of hydrogen-bond acceptors (Lipinski definition) is 4. The first-order valence-electron chi connectivity index (χ1n) is 4.20. The fraction of sp³-hybridized carbons (Fsp3) is 0.375. The van der Waals surface area contributed by atoms with E-state index >= 15 is 0 Å². The molecule has 0 saturated carbocycles. The van der Waals surface area contributed by atoms with E-state index in [0.29, 0.717) is 23.0 Å². The van der Waals surface area contributed by atoms with Gasteiger partial charge in [0.15, 0.2) is 10.6 Å². The molecule has 74 valence electrons. The van der Waals surface area contributed by atoms with Crippen LogP contribution in [-0.2, 0) is 6.54 Å². The number of aromatic amines is 1. The van der Waals surface area contributed by atoms with Crippen LogP contribution in [0.2, 0.25) is 0 Å². The molecule has 0 fully saturated rings. The molecule has 2 rings (SSSR count). The molecule has 2 aromatic heterocycles. The van der Waals surface area contributed by atoms with Gasteiger partial charge in [-0.25, -0.2) is 0 Å². The Balaban J connectivity index is 2.26. The highest BCUT2D eigenvalue weighted by molar-refractivity contribution is 7.71. The molecule has 0 radical (unpaired) electrons. The maximum absolute atomic E-state index is 5.10. The number of nitrogens with zero attached hydrogens (tertiary/aromatic N) is 3. The van der Waals surface area contributed by atoms with Crippen molar-refractivity contribution >= 4 is 12.2 Å². The van der Waals surface area contributed by atoms with Gasteiger partial charge in [0.25, 0.3) is 0 Å². The number of rotatable bonds is 2. The van der Waals surface area contributed by atoms with Crippen molar-refractivity contribution in [3.63, 3.8) is 0 Å². The van der Waals surface area contributed by atoms with Crippen LogP contribution in [-0.4, -0.2) is 19.7 Å². The molecule has 5 nitrogen and oxygen atoms in total. The number of imidazole rings is 1. The van der Waals surface area contributed by atoms with Crippen molar-refractivity contribution in [2.24, 2.45) is 0 Å². The Kier molecular flexibility index (Phi) is 2.20. The van der Waals surface area contributed by atoms with Crippen molar-refractivity contribution < 1.29 is 4.52 Å². The highest BCUT2D eigenvalue weighted by Gasteiger charge is 2.04. The minimum Gasteiger partial charge on any atom is -0.340 e. The average Bonchev–Trinajstić information content (AvgIpc) is 2.61. The number of nitrogens with one attached hydrogen (secondary N) is 1. The molecule has 0 atom stereocenters. The Hall–Kier alpha value is -1.43. The van der Waals surface area contributed by atoms with Crippen molar-refractivity contribution in [1.82, 2.24) is 19.7 Å². The van der Waals surface area contributed by atoms with Gasteiger partial charge in [-0.1, -0.05) is 5.16 Å². The van der Waals surface area contributed by atoms with Crippen molar-refractivity contribution in [3.8, 4) is 0 Å². The first kappa shape index (κ1) is 9.14. The van der Waals surface area contributed by atoms with Gasteiger partial charge < -0.3 is 14.1 Å². The van der Waals surface area contributed by atoms with Gasteiger partial charge in [0, 0.05) is 18.8 Å². The third kappa shape index (κ3) is 1.74. The fourth-order valence-corrected chi connectivity index (χ4v) is 1.52. The third-order valence-corrected chi connectivity index (χ3v) is 2.13. The van der Waals surface area contributed by atoms with Gasteiger partial charge >= 0.3 is 0 Å². The van der Waals surface area contributed by atoms with E-state index in [-0.39, 0.29) is 0 Å². The van der Waals surface area contributed by atoms with Crippen LogP contribution < -0.4 is 0 Å². The molecule has 0 aliphatic heterocycles. The zero-order valence-corrected chi connectivity index (χ0v) is 8.76. The molecule has 6 heteroatoms. The summed E-state index contributed by atoms with van der Waals surface area (Å²) in [6.07, 6.45) is 1.92. The van der Waals surface area contributed by atoms with E-state index in [9.17, 15) is 0 Å². The summed E-state index contributed by atoms with van der Waals surface area (Å²) in [5, 5.41) is 3.79. The normalized spacial score (nSPS) is 10.7. The van der Waals surface area contributed by atoms with Crippen molar-refractivity contribution in [3.05, 3.63) is 28.4 Å². The molecule has 0 amide bonds. The summed E-state index contributed by atoms with van der Waals surface area (Å²) in [5.74, 6) is 1.20. The number of aromatic nitrogens is 4. The largest absolute Gasteiger partial charge is 0.340 e. The van der Waals surface area contributed by atoms with Crippen LogP contribution in [0.25, 0.3) is 0 Å². The van der Waals surface area contributed by atoms with Gasteiger partial charge in [0.05, 0.1) is 6.54 Å². The predicted molar refractivity (Wildman–Crippen MR) is 52.5 cm³/mol. The van der Waals surface area contributed by atoms with E-state index in [1.54, 1.807) is 6.92 Å². The van der Waals surface area contributed by atoms with Gasteiger partial charge in [0.2, 0.25) is 5.89 Å². The molecule has 0 aromatic carbocycles. The van der Waals surface area contributed by atoms with Gasteiger partial charge in [-0.15, -0.1) is 0 Å². The Labute approximate surface area is 85.8 Å². The predicted octanol–water partition coefficient (Wildman–Crippen LogP) is 1.59. The Bertz CT molecular complexity index is 495. The number of H-pyrrole nitrogens is 1. The summed E-state index contributed by atoms with van der Waals surface area (Å²) in [5.41, 5.74) is 1.02. The first-order chi connectivity index (χ1) is 6.65. The molecule has 0 aliphatic rings. The fourth-order valence-electron chi connectivity index (χ4n) is 1.24. The van der Waals surface area contributed by atoms with E-state index in [1.807, 2.05) is 17.7 Å². The van der Waals surface area contributed by atoms with Crippen LogP contribution in [0.4, 0.5) is 0 Å². The zero-order valence-electron chi connectivity index (χ0n) is 7.94. The average molecular weight is 210 g/mol. The molecule has 2 aromatic rings. The molecule has 2 heterocycles. The Morgan fingerprint density at radius 3 is 2.86 bits per heavy atom. The second-order valence-corrected chi connectivity index (χ2v) is 3.49. The molecule has 14 heavy (non-hydrogen) atoms. The lowest BCUT2D eigenvalue weighted by Crippen LogP contribution is -1.99. The highest BCUT2D eigenvalue weighted by atomic mass is 32.1. The van der Waals surface area contributed by atoms with E-state index in [2.05, 4.69) is 15.1 Å². The lowest BCUT2D eigenvalue weighted by atomic mass is 10.5. The van der Waals surface area contributed by atoms with Crippen molar-refractivity contribution in [1.29, 1.82) is 0 Å². The molecule has 0 saturated heterocycles. The van der Waals surface area contributed by atoms with Gasteiger partial charge in [-0.3, -0.25) is 0 Å². The molecular formula is C8H10N4OS. The van der Waals surface area contributed by atoms with Gasteiger partial charge in [-0.2, -0.15) is 4.98 Å². The highest BCUT2D eigenvalue weighted by Crippen LogP contribution is 2.02. The first-order valence-corrected chi connectivity index (χ1v) is 4.61. The molecule has 1 N–H and O–H groups in total. The van der Waals surface area contributed by atoms with Gasteiger partial charge in [0.1, 0.15) is 0 Å². The summed E-state index contributed by atoms with van der Waals surface area (Å²) < 4.78 is 7.41. The van der Waals surface area contributed by atoms with Crippen molar-refractivity contribution in [2.45, 2.75) is 20.4 Å². The molecule has 0 aliphatic carbocycles. The maximum Gasteiger partial charge on any atom is 0.223 e. The minimum absolute atomic E-state index is 0.542. The van der Waals surface area contributed by atoms with Crippen LogP contribution in [0.15, 0.2) is 10.7 Å². The summed E-state index contributed by atoms with van der Waals surface area (Å²) in [6.45, 7) is 4.26. The quantitative estimate of drug-likeness (QED) is 0.765. The number of aryl methyl sites for hydroxylation is 2. The van der Waals surface area contributed by atoms with Crippen molar-refractivity contribution in [2.75, 3.05) is 0 Å². The monoisotopic (exact) mass is 210 g/mol. The van der Waals surface area contributed by atoms with Crippen LogP contribution in [0.3, 0.4) is 0 Å². The van der Waals surface area contributed by atoms with Crippen LogP contribution in [0.1, 0.15) is 17.4 Å². The Morgan fingerprint density at radius 1 is 1.57 bits per heavy atom.